The highest BCUT2D eigenvalue weighted by molar-refractivity contribution is 5.43. The Hall–Kier alpha value is -1.26. The first-order valence-electron chi connectivity index (χ1n) is 6.25. The molecule has 100 valence electrons. The standard InChI is InChI=1S/C14H21NO3/c1-14(16,9-15-10-4-5-10)12-7-6-11(17-2)8-13(12)18-3/h6-8,10,15-16H,4-5,9H2,1-3H3. The molecule has 4 nitrogen and oxygen atoms in total. The van der Waals surface area contributed by atoms with Crippen LogP contribution in [0.2, 0.25) is 0 Å². The Balaban J connectivity index is 2.18. The van der Waals surface area contributed by atoms with Crippen molar-refractivity contribution >= 4 is 0 Å². The summed E-state index contributed by atoms with van der Waals surface area (Å²) in [7, 11) is 3.21. The first-order valence-corrected chi connectivity index (χ1v) is 6.25. The molecule has 0 amide bonds. The molecule has 0 spiro atoms. The van der Waals surface area contributed by atoms with Gasteiger partial charge in [-0.1, -0.05) is 0 Å². The van der Waals surface area contributed by atoms with Crippen LogP contribution >= 0.6 is 0 Å². The Kier molecular flexibility index (Phi) is 3.78. The average Bonchev–Trinajstić information content (AvgIpc) is 3.19. The molecule has 0 radical (unpaired) electrons. The SMILES string of the molecule is COc1ccc(C(C)(O)CNC2CC2)c(OC)c1. The molecule has 1 fully saturated rings. The Morgan fingerprint density at radius 3 is 2.61 bits per heavy atom. The normalized spacial score (nSPS) is 18.2. The summed E-state index contributed by atoms with van der Waals surface area (Å²) in [4.78, 5) is 0. The lowest BCUT2D eigenvalue weighted by molar-refractivity contribution is 0.0539. The molecule has 18 heavy (non-hydrogen) atoms. The van der Waals surface area contributed by atoms with Gasteiger partial charge in [0.2, 0.25) is 0 Å². The van der Waals surface area contributed by atoms with Crippen molar-refractivity contribution in [3.63, 3.8) is 0 Å². The van der Waals surface area contributed by atoms with E-state index >= 15 is 0 Å². The third-order valence-corrected chi connectivity index (χ3v) is 3.30. The molecule has 1 unspecified atom stereocenters. The monoisotopic (exact) mass is 251 g/mol. The Bertz CT molecular complexity index is 414. The Morgan fingerprint density at radius 1 is 1.33 bits per heavy atom. The fourth-order valence-corrected chi connectivity index (χ4v) is 1.97. The van der Waals surface area contributed by atoms with Crippen molar-refractivity contribution in [2.75, 3.05) is 20.8 Å². The van der Waals surface area contributed by atoms with Gasteiger partial charge >= 0.3 is 0 Å². The number of hydrogen-bond donors (Lipinski definition) is 2. The van der Waals surface area contributed by atoms with Crippen LogP contribution in [0.1, 0.15) is 25.3 Å². The largest absolute Gasteiger partial charge is 0.497 e. The van der Waals surface area contributed by atoms with Crippen molar-refractivity contribution in [3.05, 3.63) is 23.8 Å². The Morgan fingerprint density at radius 2 is 2.06 bits per heavy atom. The highest BCUT2D eigenvalue weighted by Crippen LogP contribution is 2.33. The molecular weight excluding hydrogens is 230 g/mol. The van der Waals surface area contributed by atoms with Gasteiger partial charge in [0.05, 0.1) is 14.2 Å². The van der Waals surface area contributed by atoms with Crippen molar-refractivity contribution in [1.29, 1.82) is 0 Å². The van der Waals surface area contributed by atoms with Gasteiger partial charge in [-0.05, 0) is 31.9 Å². The molecule has 2 rings (SSSR count). The molecule has 4 heteroatoms. The van der Waals surface area contributed by atoms with Gasteiger partial charge in [-0.3, -0.25) is 0 Å². The number of ether oxygens (including phenoxy) is 2. The van der Waals surface area contributed by atoms with Gasteiger partial charge in [-0.15, -0.1) is 0 Å². The first-order chi connectivity index (χ1) is 8.56. The van der Waals surface area contributed by atoms with E-state index in [0.717, 1.165) is 11.3 Å². The van der Waals surface area contributed by atoms with Gasteiger partial charge in [-0.2, -0.15) is 0 Å². The second-order valence-electron chi connectivity index (χ2n) is 5.00. The third kappa shape index (κ3) is 2.94. The summed E-state index contributed by atoms with van der Waals surface area (Å²) < 4.78 is 10.5. The zero-order chi connectivity index (χ0) is 13.2. The fraction of sp³-hybridized carbons (Fsp3) is 0.571. The van der Waals surface area contributed by atoms with Crippen LogP contribution in [0.25, 0.3) is 0 Å². The van der Waals surface area contributed by atoms with Crippen LogP contribution in [-0.4, -0.2) is 31.9 Å². The number of nitrogens with one attached hydrogen (secondary N) is 1. The van der Waals surface area contributed by atoms with Crippen LogP contribution in [0.15, 0.2) is 18.2 Å². The summed E-state index contributed by atoms with van der Waals surface area (Å²) in [5.41, 5.74) is -0.167. The second kappa shape index (κ2) is 5.16. The molecule has 2 N–H and O–H groups in total. The van der Waals surface area contributed by atoms with Gasteiger partial charge in [0, 0.05) is 24.2 Å². The average molecular weight is 251 g/mol. The molecule has 1 aliphatic carbocycles. The summed E-state index contributed by atoms with van der Waals surface area (Å²) in [6.45, 7) is 2.33. The van der Waals surface area contributed by atoms with Crippen molar-refractivity contribution in [1.82, 2.24) is 5.32 Å². The number of methoxy groups -OCH3 is 2. The van der Waals surface area contributed by atoms with Crippen molar-refractivity contribution < 1.29 is 14.6 Å². The van der Waals surface area contributed by atoms with Crippen LogP contribution < -0.4 is 14.8 Å². The maximum Gasteiger partial charge on any atom is 0.128 e. The molecule has 1 aliphatic rings. The van der Waals surface area contributed by atoms with Crippen LogP contribution in [0.4, 0.5) is 0 Å². The molecule has 0 heterocycles. The van der Waals surface area contributed by atoms with E-state index in [1.807, 2.05) is 12.1 Å². The fourth-order valence-electron chi connectivity index (χ4n) is 1.97. The van der Waals surface area contributed by atoms with Gasteiger partial charge in [-0.25, -0.2) is 0 Å². The topological polar surface area (TPSA) is 50.7 Å². The van der Waals surface area contributed by atoms with Gasteiger partial charge in [0.1, 0.15) is 17.1 Å². The number of hydrogen-bond acceptors (Lipinski definition) is 4. The van der Waals surface area contributed by atoms with E-state index < -0.39 is 5.60 Å². The summed E-state index contributed by atoms with van der Waals surface area (Å²) in [5.74, 6) is 1.37. The predicted octanol–water partition coefficient (Wildman–Crippen LogP) is 1.66. The van der Waals surface area contributed by atoms with Crippen molar-refractivity contribution in [2.24, 2.45) is 0 Å². The zero-order valence-electron chi connectivity index (χ0n) is 11.2. The maximum atomic E-state index is 10.6. The summed E-state index contributed by atoms with van der Waals surface area (Å²) in [6, 6.07) is 6.05. The van der Waals surface area contributed by atoms with Crippen LogP contribution in [0, 0.1) is 0 Å². The van der Waals surface area contributed by atoms with Crippen LogP contribution in [0.5, 0.6) is 11.5 Å². The molecule has 1 saturated carbocycles. The highest BCUT2D eigenvalue weighted by Gasteiger charge is 2.30. The first kappa shape index (κ1) is 13.2. The minimum absolute atomic E-state index is 0.528. The van der Waals surface area contributed by atoms with Crippen LogP contribution in [0.3, 0.4) is 0 Å². The Labute approximate surface area is 108 Å². The van der Waals surface area contributed by atoms with E-state index in [9.17, 15) is 5.11 Å². The maximum absolute atomic E-state index is 10.6. The smallest absolute Gasteiger partial charge is 0.128 e. The number of aliphatic hydroxyl groups is 1. The minimum atomic E-state index is -0.944. The number of benzene rings is 1. The second-order valence-corrected chi connectivity index (χ2v) is 5.00. The molecule has 0 aromatic heterocycles. The van der Waals surface area contributed by atoms with Gasteiger partial charge in [0.15, 0.2) is 0 Å². The molecule has 1 atom stereocenters. The number of rotatable bonds is 6. The molecule has 0 saturated heterocycles. The van der Waals surface area contributed by atoms with Crippen molar-refractivity contribution in [3.8, 4) is 11.5 Å². The lowest BCUT2D eigenvalue weighted by Crippen LogP contribution is -2.36. The highest BCUT2D eigenvalue weighted by atomic mass is 16.5. The molecule has 1 aromatic rings. The predicted molar refractivity (Wildman–Crippen MR) is 70.1 cm³/mol. The summed E-state index contributed by atoms with van der Waals surface area (Å²) in [5, 5.41) is 13.9. The molecule has 0 aliphatic heterocycles. The van der Waals surface area contributed by atoms with Gasteiger partial charge < -0.3 is 19.9 Å². The lowest BCUT2D eigenvalue weighted by atomic mass is 9.94. The van der Waals surface area contributed by atoms with Crippen molar-refractivity contribution in [2.45, 2.75) is 31.4 Å². The summed E-state index contributed by atoms with van der Waals surface area (Å²) >= 11 is 0. The van der Waals surface area contributed by atoms with Crippen LogP contribution in [-0.2, 0) is 5.60 Å². The lowest BCUT2D eigenvalue weighted by Gasteiger charge is -2.26. The van der Waals surface area contributed by atoms with Gasteiger partial charge in [0.25, 0.3) is 0 Å². The van der Waals surface area contributed by atoms with E-state index in [1.54, 1.807) is 27.2 Å². The molecule has 0 bridgehead atoms. The minimum Gasteiger partial charge on any atom is -0.497 e. The third-order valence-electron chi connectivity index (χ3n) is 3.30. The van der Waals surface area contributed by atoms with E-state index in [0.29, 0.717) is 18.3 Å². The zero-order valence-corrected chi connectivity index (χ0v) is 11.2. The summed E-state index contributed by atoms with van der Waals surface area (Å²) in [6.07, 6.45) is 2.41. The van der Waals surface area contributed by atoms with E-state index in [-0.39, 0.29) is 0 Å². The van der Waals surface area contributed by atoms with E-state index in [1.165, 1.54) is 12.8 Å². The van der Waals surface area contributed by atoms with E-state index in [2.05, 4.69) is 5.32 Å². The molecule has 1 aromatic carbocycles. The van der Waals surface area contributed by atoms with E-state index in [4.69, 9.17) is 9.47 Å². The quantitative estimate of drug-likeness (QED) is 0.807. The molecular formula is C14H21NO3.